The third kappa shape index (κ3) is 5.76. The Hall–Kier alpha value is -0.990. The van der Waals surface area contributed by atoms with Crippen molar-refractivity contribution in [1.29, 1.82) is 0 Å². The molecule has 8 heteroatoms. The highest BCUT2D eigenvalue weighted by molar-refractivity contribution is 7.90. The van der Waals surface area contributed by atoms with Crippen LogP contribution in [0.2, 0.25) is 0 Å². The van der Waals surface area contributed by atoms with Gasteiger partial charge in [-0.05, 0) is 7.05 Å². The van der Waals surface area contributed by atoms with Crippen LogP contribution in [-0.2, 0) is 22.9 Å². The number of nitrogens with two attached hydrogens (primary N) is 1. The van der Waals surface area contributed by atoms with Gasteiger partial charge in [-0.3, -0.25) is 4.68 Å². The molecule has 0 radical (unpaired) electrons. The highest BCUT2D eigenvalue weighted by Gasteiger charge is 2.06. The Kier molecular flexibility index (Phi) is 5.03. The van der Waals surface area contributed by atoms with Crippen molar-refractivity contribution in [3.05, 3.63) is 11.9 Å². The van der Waals surface area contributed by atoms with Crippen molar-refractivity contribution in [1.82, 2.24) is 19.9 Å². The minimum atomic E-state index is -2.89. The molecule has 0 saturated heterocycles. The highest BCUT2D eigenvalue weighted by Crippen LogP contribution is 1.93. The van der Waals surface area contributed by atoms with Gasteiger partial charge in [-0.25, -0.2) is 8.42 Å². The van der Waals surface area contributed by atoms with Gasteiger partial charge >= 0.3 is 0 Å². The molecule has 0 bridgehead atoms. The monoisotopic (exact) mass is 261 g/mol. The quantitative estimate of drug-likeness (QED) is 0.656. The van der Waals surface area contributed by atoms with E-state index in [9.17, 15) is 8.42 Å². The van der Waals surface area contributed by atoms with E-state index in [-0.39, 0.29) is 5.75 Å². The fraction of sp³-hybridized carbons (Fsp3) is 0.778. The Balaban J connectivity index is 2.30. The van der Waals surface area contributed by atoms with Crippen molar-refractivity contribution in [2.45, 2.75) is 13.1 Å². The Morgan fingerprint density at radius 3 is 2.71 bits per heavy atom. The molecule has 7 nitrogen and oxygen atoms in total. The first kappa shape index (κ1) is 14.1. The maximum absolute atomic E-state index is 11.0. The van der Waals surface area contributed by atoms with E-state index in [0.29, 0.717) is 19.6 Å². The molecular weight excluding hydrogens is 242 g/mol. The summed E-state index contributed by atoms with van der Waals surface area (Å²) in [5.41, 5.74) is 6.18. The summed E-state index contributed by atoms with van der Waals surface area (Å²) in [5.74, 6) is 0.176. The number of hydrogen-bond donors (Lipinski definition) is 1. The molecule has 0 aliphatic rings. The van der Waals surface area contributed by atoms with Gasteiger partial charge in [0.15, 0.2) is 0 Å². The highest BCUT2D eigenvalue weighted by atomic mass is 32.2. The van der Waals surface area contributed by atoms with E-state index in [1.54, 1.807) is 10.9 Å². The molecule has 0 aliphatic carbocycles. The molecule has 0 spiro atoms. The van der Waals surface area contributed by atoms with E-state index >= 15 is 0 Å². The molecule has 17 heavy (non-hydrogen) atoms. The number of hydrogen-bond acceptors (Lipinski definition) is 6. The van der Waals surface area contributed by atoms with Crippen LogP contribution in [0, 0.1) is 0 Å². The Labute approximate surface area is 102 Å². The number of sulfone groups is 1. The van der Waals surface area contributed by atoms with Gasteiger partial charge in [-0.1, -0.05) is 5.21 Å². The predicted octanol–water partition coefficient (Wildman–Crippen LogP) is -1.29. The zero-order valence-corrected chi connectivity index (χ0v) is 11.0. The van der Waals surface area contributed by atoms with Gasteiger partial charge in [-0.15, -0.1) is 5.10 Å². The Bertz CT molecular complexity index is 442. The molecule has 0 saturated carbocycles. The maximum Gasteiger partial charge on any atom is 0.148 e. The number of rotatable bonds is 7. The molecule has 1 aromatic rings. The minimum absolute atomic E-state index is 0.176. The summed E-state index contributed by atoms with van der Waals surface area (Å²) in [6.07, 6.45) is 3.04. The van der Waals surface area contributed by atoms with Gasteiger partial charge in [0.1, 0.15) is 9.84 Å². The van der Waals surface area contributed by atoms with Crippen LogP contribution in [0.15, 0.2) is 6.20 Å². The molecule has 0 fully saturated rings. The molecule has 0 unspecified atom stereocenters. The topological polar surface area (TPSA) is 94.1 Å². The second kappa shape index (κ2) is 6.08. The third-order valence-electron chi connectivity index (χ3n) is 2.35. The summed E-state index contributed by atoms with van der Waals surface area (Å²) in [6, 6.07) is 0. The molecule has 0 atom stereocenters. The van der Waals surface area contributed by atoms with Crippen LogP contribution in [0.4, 0.5) is 0 Å². The molecular formula is C9H19N5O2S. The minimum Gasteiger partial charge on any atom is -0.325 e. The zero-order chi connectivity index (χ0) is 12.9. The van der Waals surface area contributed by atoms with Crippen molar-refractivity contribution in [3.8, 4) is 0 Å². The largest absolute Gasteiger partial charge is 0.325 e. The van der Waals surface area contributed by atoms with Crippen molar-refractivity contribution >= 4 is 9.84 Å². The van der Waals surface area contributed by atoms with Crippen LogP contribution in [-0.4, -0.2) is 60.5 Å². The van der Waals surface area contributed by atoms with Crippen LogP contribution in [0.25, 0.3) is 0 Å². The van der Waals surface area contributed by atoms with Crippen molar-refractivity contribution in [3.63, 3.8) is 0 Å². The Morgan fingerprint density at radius 1 is 1.47 bits per heavy atom. The van der Waals surface area contributed by atoms with E-state index in [4.69, 9.17) is 5.73 Å². The van der Waals surface area contributed by atoms with Gasteiger partial charge in [0.05, 0.1) is 18.0 Å². The summed E-state index contributed by atoms with van der Waals surface area (Å²) < 4.78 is 23.7. The summed E-state index contributed by atoms with van der Waals surface area (Å²) >= 11 is 0. The fourth-order valence-electron chi connectivity index (χ4n) is 1.25. The molecule has 98 valence electrons. The van der Waals surface area contributed by atoms with Crippen LogP contribution in [0.5, 0.6) is 0 Å². The Morgan fingerprint density at radius 2 is 2.18 bits per heavy atom. The summed E-state index contributed by atoms with van der Waals surface area (Å²) in [6.45, 7) is 2.30. The van der Waals surface area contributed by atoms with Crippen LogP contribution in [0.3, 0.4) is 0 Å². The smallest absolute Gasteiger partial charge is 0.148 e. The second-order valence-electron chi connectivity index (χ2n) is 4.11. The average molecular weight is 261 g/mol. The first-order valence-corrected chi connectivity index (χ1v) is 7.42. The standard InChI is InChI=1S/C9H19N5O2S/c1-13(5-6-17(2,15)16)3-4-14-8-9(7-10)11-12-14/h8H,3-7,10H2,1-2H3. The number of nitrogens with zero attached hydrogens (tertiary/aromatic N) is 4. The van der Waals surface area contributed by atoms with Crippen molar-refractivity contribution in [2.75, 3.05) is 32.1 Å². The van der Waals surface area contributed by atoms with E-state index in [1.807, 2.05) is 11.9 Å². The maximum atomic E-state index is 11.0. The number of likely N-dealkylation sites (N-methyl/N-ethyl adjacent to an activating group) is 1. The lowest BCUT2D eigenvalue weighted by atomic mass is 10.5. The third-order valence-corrected chi connectivity index (χ3v) is 3.27. The van der Waals surface area contributed by atoms with Gasteiger partial charge in [0, 0.05) is 32.1 Å². The zero-order valence-electron chi connectivity index (χ0n) is 10.2. The average Bonchev–Trinajstić information content (AvgIpc) is 2.70. The first-order chi connectivity index (χ1) is 7.90. The van der Waals surface area contributed by atoms with E-state index < -0.39 is 9.84 Å². The first-order valence-electron chi connectivity index (χ1n) is 5.36. The fourth-order valence-corrected chi connectivity index (χ4v) is 1.89. The number of aromatic nitrogens is 3. The second-order valence-corrected chi connectivity index (χ2v) is 6.37. The molecule has 0 amide bonds. The van der Waals surface area contributed by atoms with Gasteiger partial charge < -0.3 is 10.6 Å². The summed E-state index contributed by atoms with van der Waals surface area (Å²) in [4.78, 5) is 1.95. The van der Waals surface area contributed by atoms with Crippen LogP contribution in [0.1, 0.15) is 5.69 Å². The molecule has 0 aromatic carbocycles. The van der Waals surface area contributed by atoms with Crippen LogP contribution >= 0.6 is 0 Å². The molecule has 0 aliphatic heterocycles. The molecule has 1 aromatic heterocycles. The van der Waals surface area contributed by atoms with Crippen molar-refractivity contribution in [2.24, 2.45) is 5.73 Å². The summed E-state index contributed by atoms with van der Waals surface area (Å²) in [5, 5.41) is 7.78. The van der Waals surface area contributed by atoms with E-state index in [2.05, 4.69) is 10.3 Å². The van der Waals surface area contributed by atoms with Crippen LogP contribution < -0.4 is 5.73 Å². The lowest BCUT2D eigenvalue weighted by Gasteiger charge is -2.15. The van der Waals surface area contributed by atoms with E-state index in [0.717, 1.165) is 12.2 Å². The van der Waals surface area contributed by atoms with Crippen molar-refractivity contribution < 1.29 is 8.42 Å². The van der Waals surface area contributed by atoms with E-state index in [1.165, 1.54) is 6.26 Å². The SMILES string of the molecule is CN(CCn1cc(CN)nn1)CCS(C)(=O)=O. The predicted molar refractivity (Wildman–Crippen MR) is 65.1 cm³/mol. The normalized spacial score (nSPS) is 12.2. The van der Waals surface area contributed by atoms with Gasteiger partial charge in [-0.2, -0.15) is 0 Å². The summed E-state index contributed by atoms with van der Waals surface area (Å²) in [7, 11) is -1.01. The molecule has 1 rings (SSSR count). The lowest BCUT2D eigenvalue weighted by Crippen LogP contribution is -2.28. The van der Waals surface area contributed by atoms with Gasteiger partial charge in [0.2, 0.25) is 0 Å². The lowest BCUT2D eigenvalue weighted by molar-refractivity contribution is 0.327. The molecule has 2 N–H and O–H groups in total. The van der Waals surface area contributed by atoms with Gasteiger partial charge in [0.25, 0.3) is 0 Å². The molecule has 1 heterocycles.